The molecule has 3 nitrogen and oxygen atoms in total. The second-order valence-corrected chi connectivity index (χ2v) is 6.68. The van der Waals surface area contributed by atoms with E-state index in [4.69, 9.17) is 0 Å². The number of benzene rings is 1. The lowest BCUT2D eigenvalue weighted by atomic mass is 10.0. The minimum absolute atomic E-state index is 0.0567. The van der Waals surface area contributed by atoms with Gasteiger partial charge in [-0.15, -0.1) is 0 Å². The van der Waals surface area contributed by atoms with Crippen LogP contribution < -0.4 is 5.32 Å². The Bertz CT molecular complexity index is 515. The van der Waals surface area contributed by atoms with Gasteiger partial charge in [0.05, 0.1) is 0 Å². The number of carbonyl (C=O) groups is 1. The third-order valence-electron chi connectivity index (χ3n) is 5.15. The first-order chi connectivity index (χ1) is 10.1. The van der Waals surface area contributed by atoms with Crippen molar-refractivity contribution in [1.82, 2.24) is 10.2 Å². The molecule has 1 aromatic rings. The van der Waals surface area contributed by atoms with Gasteiger partial charge >= 0.3 is 0 Å². The number of hydrogen-bond acceptors (Lipinski definition) is 2. The lowest BCUT2D eigenvalue weighted by Crippen LogP contribution is -2.35. The number of nitrogens with one attached hydrogen (secondary N) is 1. The number of amides is 1. The van der Waals surface area contributed by atoms with Crippen LogP contribution in [0, 0.1) is 12.8 Å². The molecule has 1 saturated heterocycles. The highest BCUT2D eigenvalue weighted by molar-refractivity contribution is 5.92. The summed E-state index contributed by atoms with van der Waals surface area (Å²) in [7, 11) is 0. The first kappa shape index (κ1) is 14.6. The van der Waals surface area contributed by atoms with Gasteiger partial charge < -0.3 is 4.90 Å². The Morgan fingerprint density at radius 3 is 2.38 bits per heavy atom. The van der Waals surface area contributed by atoms with Crippen LogP contribution in [0.1, 0.15) is 56.8 Å². The molecule has 1 amide bonds. The van der Waals surface area contributed by atoms with Gasteiger partial charge in [-0.2, -0.15) is 0 Å². The van der Waals surface area contributed by atoms with Crippen LogP contribution in [-0.4, -0.2) is 22.9 Å². The molecule has 1 aromatic carbocycles. The average molecular weight is 286 g/mol. The van der Waals surface area contributed by atoms with E-state index >= 15 is 0 Å². The summed E-state index contributed by atoms with van der Waals surface area (Å²) in [6, 6.07) is 8.58. The zero-order valence-electron chi connectivity index (χ0n) is 13.4. The molecule has 1 aliphatic heterocycles. The monoisotopic (exact) mass is 286 g/mol. The standard InChI is InChI=1S/C18H26N2O/c1-4-14(5-2)12-20-16(15-8-6-13(3)7-9-15)19-18(10-11-18)17(20)21/h6-9,14,16,19H,4-5,10-12H2,1-3H3. The smallest absolute Gasteiger partial charge is 0.244 e. The molecule has 1 unspecified atom stereocenters. The van der Waals surface area contributed by atoms with Crippen LogP contribution in [0.2, 0.25) is 0 Å². The first-order valence-corrected chi connectivity index (χ1v) is 8.25. The molecule has 3 heteroatoms. The van der Waals surface area contributed by atoms with Gasteiger partial charge in [0, 0.05) is 6.54 Å². The second-order valence-electron chi connectivity index (χ2n) is 6.68. The van der Waals surface area contributed by atoms with Gasteiger partial charge in [-0.1, -0.05) is 56.5 Å². The third-order valence-corrected chi connectivity index (χ3v) is 5.15. The molecular formula is C18H26N2O. The van der Waals surface area contributed by atoms with Crippen molar-refractivity contribution in [2.24, 2.45) is 5.92 Å². The number of carbonyl (C=O) groups excluding carboxylic acids is 1. The first-order valence-electron chi connectivity index (χ1n) is 8.25. The van der Waals surface area contributed by atoms with Crippen LogP contribution in [-0.2, 0) is 4.79 Å². The summed E-state index contributed by atoms with van der Waals surface area (Å²) in [6.45, 7) is 7.41. The second kappa shape index (κ2) is 5.45. The quantitative estimate of drug-likeness (QED) is 0.900. The van der Waals surface area contributed by atoms with Crippen LogP contribution in [0.25, 0.3) is 0 Å². The lowest BCUT2D eigenvalue weighted by molar-refractivity contribution is -0.131. The molecule has 1 heterocycles. The summed E-state index contributed by atoms with van der Waals surface area (Å²) in [5.74, 6) is 0.914. The fraction of sp³-hybridized carbons (Fsp3) is 0.611. The van der Waals surface area contributed by atoms with Crippen molar-refractivity contribution in [2.75, 3.05) is 6.54 Å². The van der Waals surface area contributed by atoms with Gasteiger partial charge in [0.25, 0.3) is 0 Å². The molecule has 1 N–H and O–H groups in total. The number of hydrogen-bond donors (Lipinski definition) is 1. The number of aryl methyl sites for hydroxylation is 1. The van der Waals surface area contributed by atoms with E-state index in [2.05, 4.69) is 55.3 Å². The maximum atomic E-state index is 12.8. The van der Waals surface area contributed by atoms with Crippen molar-refractivity contribution in [3.8, 4) is 0 Å². The zero-order chi connectivity index (χ0) is 15.0. The van der Waals surface area contributed by atoms with E-state index < -0.39 is 0 Å². The fourth-order valence-corrected chi connectivity index (χ4v) is 3.30. The van der Waals surface area contributed by atoms with E-state index in [0.717, 1.165) is 32.2 Å². The molecule has 2 fully saturated rings. The minimum atomic E-state index is -0.235. The molecule has 1 spiro atoms. The summed E-state index contributed by atoms with van der Waals surface area (Å²) in [4.78, 5) is 14.9. The Morgan fingerprint density at radius 1 is 1.24 bits per heavy atom. The van der Waals surface area contributed by atoms with Crippen molar-refractivity contribution < 1.29 is 4.79 Å². The Balaban J connectivity index is 1.85. The van der Waals surface area contributed by atoms with E-state index in [9.17, 15) is 4.79 Å². The van der Waals surface area contributed by atoms with Gasteiger partial charge in [-0.05, 0) is 31.2 Å². The molecule has 0 aromatic heterocycles. The molecule has 1 saturated carbocycles. The van der Waals surface area contributed by atoms with E-state index in [-0.39, 0.29) is 11.7 Å². The Hall–Kier alpha value is -1.35. The van der Waals surface area contributed by atoms with Gasteiger partial charge in [0.2, 0.25) is 5.91 Å². The summed E-state index contributed by atoms with van der Waals surface area (Å²) in [6.07, 6.45) is 4.31. The Morgan fingerprint density at radius 2 is 1.86 bits per heavy atom. The SMILES string of the molecule is CCC(CC)CN1C(=O)C2(CC2)NC1c1ccc(C)cc1. The minimum Gasteiger partial charge on any atom is -0.321 e. The van der Waals surface area contributed by atoms with E-state index in [1.807, 2.05) is 0 Å². The predicted molar refractivity (Wildman–Crippen MR) is 84.8 cm³/mol. The molecule has 21 heavy (non-hydrogen) atoms. The van der Waals surface area contributed by atoms with Gasteiger partial charge in [-0.3, -0.25) is 10.1 Å². The summed E-state index contributed by atoms with van der Waals surface area (Å²) < 4.78 is 0. The van der Waals surface area contributed by atoms with Crippen LogP contribution in [0.15, 0.2) is 24.3 Å². The molecule has 0 bridgehead atoms. The topological polar surface area (TPSA) is 32.3 Å². The normalized spacial score (nSPS) is 23.3. The van der Waals surface area contributed by atoms with Gasteiger partial charge in [0.15, 0.2) is 0 Å². The van der Waals surface area contributed by atoms with E-state index in [1.165, 1.54) is 11.1 Å². The van der Waals surface area contributed by atoms with Crippen molar-refractivity contribution in [3.63, 3.8) is 0 Å². The van der Waals surface area contributed by atoms with Crippen molar-refractivity contribution >= 4 is 5.91 Å². The Labute approximate surface area is 127 Å². The van der Waals surface area contributed by atoms with Gasteiger partial charge in [-0.25, -0.2) is 0 Å². The molecule has 2 aliphatic rings. The van der Waals surface area contributed by atoms with Gasteiger partial charge in [0.1, 0.15) is 11.7 Å². The average Bonchev–Trinajstić information content (AvgIpc) is 3.23. The maximum absolute atomic E-state index is 12.8. The van der Waals surface area contributed by atoms with Crippen molar-refractivity contribution in [3.05, 3.63) is 35.4 Å². The molecule has 1 atom stereocenters. The zero-order valence-corrected chi connectivity index (χ0v) is 13.4. The molecule has 114 valence electrons. The van der Waals surface area contributed by atoms with Crippen LogP contribution in [0.5, 0.6) is 0 Å². The number of rotatable bonds is 5. The van der Waals surface area contributed by atoms with E-state index in [1.54, 1.807) is 0 Å². The van der Waals surface area contributed by atoms with Crippen LogP contribution in [0.3, 0.4) is 0 Å². The van der Waals surface area contributed by atoms with Crippen molar-refractivity contribution in [1.29, 1.82) is 0 Å². The molecule has 1 aliphatic carbocycles. The fourth-order valence-electron chi connectivity index (χ4n) is 3.30. The lowest BCUT2D eigenvalue weighted by Gasteiger charge is -2.28. The van der Waals surface area contributed by atoms with E-state index in [0.29, 0.717) is 11.8 Å². The maximum Gasteiger partial charge on any atom is 0.244 e. The summed E-state index contributed by atoms with van der Waals surface area (Å²) in [5, 5.41) is 3.61. The third kappa shape index (κ3) is 2.59. The Kier molecular flexibility index (Phi) is 3.78. The summed E-state index contributed by atoms with van der Waals surface area (Å²) in [5.41, 5.74) is 2.24. The summed E-state index contributed by atoms with van der Waals surface area (Å²) >= 11 is 0. The molecule has 0 radical (unpaired) electrons. The predicted octanol–water partition coefficient (Wildman–Crippen LogP) is 3.39. The highest BCUT2D eigenvalue weighted by Crippen LogP contribution is 2.46. The molecular weight excluding hydrogens is 260 g/mol. The number of nitrogens with zero attached hydrogens (tertiary/aromatic N) is 1. The van der Waals surface area contributed by atoms with Crippen molar-refractivity contribution in [2.45, 2.75) is 58.2 Å². The highest BCUT2D eigenvalue weighted by atomic mass is 16.2. The highest BCUT2D eigenvalue weighted by Gasteiger charge is 2.59. The van der Waals surface area contributed by atoms with Crippen LogP contribution >= 0.6 is 0 Å². The largest absolute Gasteiger partial charge is 0.321 e. The molecule has 3 rings (SSSR count). The van der Waals surface area contributed by atoms with Crippen LogP contribution in [0.4, 0.5) is 0 Å².